The smallest absolute Gasteiger partial charge is 0.227 e. The number of halogens is 2. The molecule has 8 aromatic rings. The van der Waals surface area contributed by atoms with E-state index in [0.29, 0.717) is 22.8 Å². The van der Waals surface area contributed by atoms with Crippen molar-refractivity contribution in [2.24, 2.45) is 20.0 Å². The van der Waals surface area contributed by atoms with E-state index < -0.39 is 11.3 Å². The molecule has 2 aliphatic heterocycles. The van der Waals surface area contributed by atoms with E-state index in [1.54, 1.807) is 28.4 Å². The van der Waals surface area contributed by atoms with Crippen LogP contribution in [-0.4, -0.2) is 51.3 Å². The predicted octanol–water partition coefficient (Wildman–Crippen LogP) is 12.5. The molecule has 8 aromatic carbocycles. The average molecular weight is 967 g/mol. The van der Waals surface area contributed by atoms with Gasteiger partial charge in [0.1, 0.15) is 23.0 Å². The van der Waals surface area contributed by atoms with E-state index in [9.17, 15) is 0 Å². The Hall–Kier alpha value is -6.88. The van der Waals surface area contributed by atoms with Crippen LogP contribution in [-0.2, 0) is 11.3 Å². The Kier molecular flexibility index (Phi) is 9.63. The topological polar surface area (TPSA) is 86.4 Å². The molecule has 0 amide bonds. The molecule has 0 saturated carbocycles. The highest BCUT2D eigenvalue weighted by atomic mass is 79.9. The molecule has 3 aliphatic rings. The standard InChI is InChI=1S/C54H38Br2N4O4/c1-61-35-21-13-31(14-22-35)49-50(32-15-23-36(62-2)24-16-32)58-53(57-49)43-29-45(55)39-9-5-7-11-41(39)47(43)48-42-12-8-6-10-40(42)46(56)30-44(48)54(53)59-51(33-17-25-37(63-3)26-18-33)52(60-54)34-19-27-38(64-4)28-20-34/h5-30H,1-4H3. The minimum absolute atomic E-state index is 0.694. The van der Waals surface area contributed by atoms with Crippen LogP contribution in [0.4, 0.5) is 0 Å². The SMILES string of the molecule is COc1ccc(C2=NC3(N=C2c2ccc(OC)cc2)c2cc(Br)c4ccccc4c2-c2c(cc(Br)c4ccccc24)C32N=C(c3ccc(OC)cc3)C(c3ccc(OC)cc3)=N2)cc1. The van der Waals surface area contributed by atoms with Gasteiger partial charge in [-0.2, -0.15) is 0 Å². The number of nitrogens with zero attached hydrogens (tertiary/aromatic N) is 4. The van der Waals surface area contributed by atoms with Gasteiger partial charge in [-0.1, -0.05) is 80.4 Å². The van der Waals surface area contributed by atoms with Crippen molar-refractivity contribution in [1.82, 2.24) is 0 Å². The summed E-state index contributed by atoms with van der Waals surface area (Å²) in [6.07, 6.45) is 0. The highest BCUT2D eigenvalue weighted by Crippen LogP contribution is 2.64. The van der Waals surface area contributed by atoms with Crippen molar-refractivity contribution < 1.29 is 18.9 Å². The maximum atomic E-state index is 6.00. The zero-order valence-corrected chi connectivity index (χ0v) is 38.4. The van der Waals surface area contributed by atoms with Gasteiger partial charge >= 0.3 is 0 Å². The second kappa shape index (κ2) is 15.4. The van der Waals surface area contributed by atoms with Crippen LogP contribution in [0, 0.1) is 0 Å². The molecular formula is C54H38Br2N4O4. The third-order valence-electron chi connectivity index (χ3n) is 12.5. The van der Waals surface area contributed by atoms with E-state index in [2.05, 4.69) is 92.5 Å². The van der Waals surface area contributed by atoms with Gasteiger partial charge in [-0.15, -0.1) is 0 Å². The first-order valence-corrected chi connectivity index (χ1v) is 22.3. The monoisotopic (exact) mass is 964 g/mol. The average Bonchev–Trinajstić information content (AvgIpc) is 3.96. The lowest BCUT2D eigenvalue weighted by Gasteiger charge is -2.44. The van der Waals surface area contributed by atoms with Gasteiger partial charge in [-0.05, 0) is 142 Å². The van der Waals surface area contributed by atoms with Crippen molar-refractivity contribution >= 4 is 76.3 Å². The molecule has 8 nitrogen and oxygen atoms in total. The van der Waals surface area contributed by atoms with Crippen molar-refractivity contribution in [3.8, 4) is 34.1 Å². The summed E-state index contributed by atoms with van der Waals surface area (Å²) in [4.78, 5) is 24.0. The quantitative estimate of drug-likeness (QED) is 0.152. The lowest BCUT2D eigenvalue weighted by molar-refractivity contribution is 0.254. The van der Waals surface area contributed by atoms with Gasteiger partial charge < -0.3 is 18.9 Å². The number of aliphatic imine (C=N–C) groups is 4. The van der Waals surface area contributed by atoms with E-state index in [-0.39, 0.29) is 0 Å². The highest BCUT2D eigenvalue weighted by molar-refractivity contribution is 9.11. The fraction of sp³-hybridized carbons (Fsp3) is 0.111. The fourth-order valence-corrected chi connectivity index (χ4v) is 10.5. The Balaban J connectivity index is 1.35. The van der Waals surface area contributed by atoms with Crippen LogP contribution in [0.5, 0.6) is 23.0 Å². The van der Waals surface area contributed by atoms with E-state index in [0.717, 1.165) is 98.0 Å². The summed E-state index contributed by atoms with van der Waals surface area (Å²) < 4.78 is 24.3. The molecule has 2 heterocycles. The number of hydrogen-bond donors (Lipinski definition) is 0. The van der Waals surface area contributed by atoms with Gasteiger partial charge in [0.25, 0.3) is 0 Å². The fourth-order valence-electron chi connectivity index (χ4n) is 9.39. The molecule has 0 atom stereocenters. The van der Waals surface area contributed by atoms with Gasteiger partial charge in [0.2, 0.25) is 11.3 Å². The first-order valence-electron chi connectivity index (χ1n) is 20.7. The van der Waals surface area contributed by atoms with E-state index in [4.69, 9.17) is 38.9 Å². The Bertz CT molecular complexity index is 2970. The Labute approximate surface area is 386 Å². The van der Waals surface area contributed by atoms with Crippen molar-refractivity contribution in [2.45, 2.75) is 11.3 Å². The Morgan fingerprint density at radius 1 is 0.344 bits per heavy atom. The van der Waals surface area contributed by atoms with Crippen LogP contribution in [0.15, 0.2) is 187 Å². The summed E-state index contributed by atoms with van der Waals surface area (Å²) in [7, 11) is 6.68. The molecule has 11 rings (SSSR count). The Morgan fingerprint density at radius 3 is 0.844 bits per heavy atom. The number of rotatable bonds is 8. The van der Waals surface area contributed by atoms with Gasteiger partial charge in [-0.3, -0.25) is 0 Å². The number of fused-ring (bicyclic) bond motifs is 10. The van der Waals surface area contributed by atoms with Crippen LogP contribution < -0.4 is 18.9 Å². The zero-order chi connectivity index (χ0) is 43.7. The third kappa shape index (κ3) is 5.99. The maximum absolute atomic E-state index is 6.00. The third-order valence-corrected chi connectivity index (χ3v) is 13.8. The molecule has 2 spiro atoms. The molecule has 0 saturated heterocycles. The molecule has 0 N–H and O–H groups in total. The van der Waals surface area contributed by atoms with Crippen molar-refractivity contribution in [3.63, 3.8) is 0 Å². The minimum Gasteiger partial charge on any atom is -0.497 e. The molecule has 1 aliphatic carbocycles. The van der Waals surface area contributed by atoms with Gasteiger partial charge in [-0.25, -0.2) is 20.0 Å². The summed E-state index contributed by atoms with van der Waals surface area (Å²) in [6.45, 7) is 0. The van der Waals surface area contributed by atoms with Crippen molar-refractivity contribution in [2.75, 3.05) is 28.4 Å². The predicted molar refractivity (Wildman–Crippen MR) is 264 cm³/mol. The molecule has 0 unspecified atom stereocenters. The first-order chi connectivity index (χ1) is 31.3. The van der Waals surface area contributed by atoms with Gasteiger partial charge in [0.05, 0.1) is 51.3 Å². The van der Waals surface area contributed by atoms with E-state index in [1.807, 2.05) is 97.1 Å². The first kappa shape index (κ1) is 39.9. The lowest BCUT2D eigenvalue weighted by Crippen LogP contribution is -2.46. The van der Waals surface area contributed by atoms with Crippen LogP contribution in [0.1, 0.15) is 33.4 Å². The van der Waals surface area contributed by atoms with Crippen molar-refractivity contribution in [1.29, 1.82) is 0 Å². The number of methoxy groups -OCH3 is 4. The van der Waals surface area contributed by atoms with Gasteiger partial charge in [0, 0.05) is 42.3 Å². The van der Waals surface area contributed by atoms with Crippen LogP contribution in [0.25, 0.3) is 32.7 Å². The van der Waals surface area contributed by atoms with Gasteiger partial charge in [0.15, 0.2) is 0 Å². The number of ether oxygens (including phenoxy) is 4. The van der Waals surface area contributed by atoms with Crippen LogP contribution >= 0.6 is 31.9 Å². The zero-order valence-electron chi connectivity index (χ0n) is 35.2. The summed E-state index contributed by atoms with van der Waals surface area (Å²) >= 11 is 8.11. The summed E-state index contributed by atoms with van der Waals surface area (Å²) in [5.41, 5.74) is 7.02. The largest absolute Gasteiger partial charge is 0.497 e. The van der Waals surface area contributed by atoms with E-state index >= 15 is 0 Å². The highest BCUT2D eigenvalue weighted by Gasteiger charge is 2.64. The summed E-state index contributed by atoms with van der Waals surface area (Å²) in [6, 6.07) is 53.3. The molecule has 0 aromatic heterocycles. The van der Waals surface area contributed by atoms with Crippen LogP contribution in [0.3, 0.4) is 0 Å². The molecule has 312 valence electrons. The molecule has 0 fully saturated rings. The Morgan fingerprint density at radius 2 is 0.594 bits per heavy atom. The maximum Gasteiger partial charge on any atom is 0.227 e. The minimum atomic E-state index is -1.50. The molecule has 0 bridgehead atoms. The summed E-state index contributed by atoms with van der Waals surface area (Å²) in [5.74, 6) is 2.94. The molecular weight excluding hydrogens is 928 g/mol. The summed E-state index contributed by atoms with van der Waals surface area (Å²) in [5, 5.41) is 4.25. The van der Waals surface area contributed by atoms with Crippen LogP contribution in [0.2, 0.25) is 0 Å². The molecule has 0 radical (unpaired) electrons. The van der Waals surface area contributed by atoms with Crippen molar-refractivity contribution in [3.05, 3.63) is 200 Å². The van der Waals surface area contributed by atoms with E-state index in [1.165, 1.54) is 0 Å². The molecule has 10 heteroatoms. The second-order valence-electron chi connectivity index (χ2n) is 15.8. The number of hydrogen-bond acceptors (Lipinski definition) is 8. The molecule has 64 heavy (non-hydrogen) atoms. The number of benzene rings is 8. The second-order valence-corrected chi connectivity index (χ2v) is 17.5. The lowest BCUT2D eigenvalue weighted by atomic mass is 9.69. The normalized spacial score (nSPS) is 15.3.